The van der Waals surface area contributed by atoms with Crippen LogP contribution < -0.4 is 10.1 Å². The van der Waals surface area contributed by atoms with Crippen LogP contribution in [0.25, 0.3) is 33.7 Å². The molecule has 1 atom stereocenters. The molecule has 0 aliphatic heterocycles. The second kappa shape index (κ2) is 10.0. The second-order valence-electron chi connectivity index (χ2n) is 7.99. The quantitative estimate of drug-likeness (QED) is 0.285. The summed E-state index contributed by atoms with van der Waals surface area (Å²) in [5.74, 6) is 0.361. The first-order valence-electron chi connectivity index (χ1n) is 11.2. The molecule has 180 valence electrons. The molecule has 5 rings (SSSR count). The van der Waals surface area contributed by atoms with E-state index in [1.165, 1.54) is 18.3 Å². The van der Waals surface area contributed by atoms with Crippen molar-refractivity contribution in [3.63, 3.8) is 0 Å². The van der Waals surface area contributed by atoms with Crippen LogP contribution in [0.3, 0.4) is 0 Å². The maximum absolute atomic E-state index is 12.7. The maximum atomic E-state index is 12.7. The number of carbonyl (C=O) groups is 2. The molecule has 2 heterocycles. The lowest BCUT2D eigenvalue weighted by atomic mass is 10.2. The lowest BCUT2D eigenvalue weighted by Crippen LogP contribution is -2.29. The van der Waals surface area contributed by atoms with Crippen LogP contribution in [0.2, 0.25) is 0 Å². The summed E-state index contributed by atoms with van der Waals surface area (Å²) in [6, 6.07) is 22.2. The topological polar surface area (TPSA) is 106 Å². The number of esters is 1. The summed E-state index contributed by atoms with van der Waals surface area (Å²) in [5, 5.41) is 5.01. The summed E-state index contributed by atoms with van der Waals surface area (Å²) in [5.41, 5.74) is 4.32. The monoisotopic (exact) mass is 498 g/mol. The number of aromatic nitrogens is 3. The Labute approximate surface area is 210 Å². The van der Waals surface area contributed by atoms with E-state index in [0.717, 1.165) is 22.6 Å². The number of nitrogens with one attached hydrogen (secondary N) is 2. The van der Waals surface area contributed by atoms with Crippen LogP contribution in [0.5, 0.6) is 5.75 Å². The highest BCUT2D eigenvalue weighted by Crippen LogP contribution is 2.26. The summed E-state index contributed by atoms with van der Waals surface area (Å²) in [6.45, 7) is 1.52. The highest BCUT2D eigenvalue weighted by Gasteiger charge is 2.21. The molecule has 0 bridgehead atoms. The molecule has 0 fully saturated rings. The molecule has 8 nitrogen and oxygen atoms in total. The minimum absolute atomic E-state index is 0.313. The van der Waals surface area contributed by atoms with Gasteiger partial charge in [-0.2, -0.15) is 0 Å². The van der Waals surface area contributed by atoms with Crippen LogP contribution in [-0.2, 0) is 9.53 Å². The molecule has 9 heteroatoms. The molecule has 2 N–H and O–H groups in total. The summed E-state index contributed by atoms with van der Waals surface area (Å²) < 4.78 is 10.6. The van der Waals surface area contributed by atoms with Gasteiger partial charge in [0, 0.05) is 16.5 Å². The number of nitrogens with zero attached hydrogens (tertiary/aromatic N) is 2. The van der Waals surface area contributed by atoms with Crippen LogP contribution in [0.15, 0.2) is 78.2 Å². The summed E-state index contributed by atoms with van der Waals surface area (Å²) in [4.78, 5) is 37.6. The fraction of sp³-hybridized carbons (Fsp3) is 0.111. The number of hydrogen-bond acceptors (Lipinski definition) is 7. The zero-order valence-electron chi connectivity index (χ0n) is 19.5. The van der Waals surface area contributed by atoms with E-state index in [1.54, 1.807) is 25.3 Å². The second-order valence-corrected chi connectivity index (χ2v) is 8.84. The fourth-order valence-electron chi connectivity index (χ4n) is 3.58. The highest BCUT2D eigenvalue weighted by molar-refractivity contribution is 7.14. The van der Waals surface area contributed by atoms with Gasteiger partial charge in [0.2, 0.25) is 0 Å². The molecule has 36 heavy (non-hydrogen) atoms. The first-order chi connectivity index (χ1) is 17.5. The van der Waals surface area contributed by atoms with Crippen molar-refractivity contribution >= 4 is 39.4 Å². The Balaban J connectivity index is 1.24. The van der Waals surface area contributed by atoms with E-state index in [-0.39, 0.29) is 0 Å². The number of methoxy groups -OCH3 is 1. The lowest BCUT2D eigenvalue weighted by Gasteiger charge is -2.12. The largest absolute Gasteiger partial charge is 0.497 e. The average molecular weight is 499 g/mol. The van der Waals surface area contributed by atoms with Gasteiger partial charge in [0.1, 0.15) is 11.6 Å². The third kappa shape index (κ3) is 4.96. The third-order valence-electron chi connectivity index (χ3n) is 5.54. The van der Waals surface area contributed by atoms with Gasteiger partial charge < -0.3 is 14.5 Å². The molecule has 3 aromatic carbocycles. The molecular formula is C27H22N4O4S. The third-order valence-corrected chi connectivity index (χ3v) is 6.30. The predicted octanol–water partition coefficient (Wildman–Crippen LogP) is 5.55. The number of amides is 1. The minimum Gasteiger partial charge on any atom is -0.497 e. The van der Waals surface area contributed by atoms with Crippen molar-refractivity contribution in [2.75, 3.05) is 12.4 Å². The molecule has 0 spiro atoms. The van der Waals surface area contributed by atoms with Crippen molar-refractivity contribution in [3.05, 3.63) is 83.7 Å². The Morgan fingerprint density at radius 3 is 2.50 bits per heavy atom. The SMILES string of the molecule is COc1ccc(-c2nc3ccc(C(=O)OC(C)C(=O)Nc4nc(-c5ccccc5)cs4)cc3[nH]2)cc1. The van der Waals surface area contributed by atoms with Crippen LogP contribution >= 0.6 is 11.3 Å². The van der Waals surface area contributed by atoms with Crippen molar-refractivity contribution in [2.24, 2.45) is 0 Å². The molecule has 5 aromatic rings. The van der Waals surface area contributed by atoms with Gasteiger partial charge in [-0.05, 0) is 49.4 Å². The number of carbonyl (C=O) groups excluding carboxylic acids is 2. The Morgan fingerprint density at radius 2 is 1.75 bits per heavy atom. The smallest absolute Gasteiger partial charge is 0.338 e. The lowest BCUT2D eigenvalue weighted by molar-refractivity contribution is -0.123. The summed E-state index contributed by atoms with van der Waals surface area (Å²) >= 11 is 1.31. The minimum atomic E-state index is -1.01. The van der Waals surface area contributed by atoms with E-state index in [2.05, 4.69) is 20.3 Å². The van der Waals surface area contributed by atoms with Gasteiger partial charge in [-0.15, -0.1) is 11.3 Å². The number of hydrogen-bond donors (Lipinski definition) is 2. The Bertz CT molecular complexity index is 1530. The van der Waals surface area contributed by atoms with Gasteiger partial charge in [0.25, 0.3) is 5.91 Å². The van der Waals surface area contributed by atoms with E-state index in [9.17, 15) is 9.59 Å². The summed E-state index contributed by atoms with van der Waals surface area (Å²) in [7, 11) is 1.61. The van der Waals surface area contributed by atoms with Gasteiger partial charge in [0.05, 0.1) is 29.4 Å². The maximum Gasteiger partial charge on any atom is 0.338 e. The van der Waals surface area contributed by atoms with E-state index in [4.69, 9.17) is 9.47 Å². The number of anilines is 1. The number of imidazole rings is 1. The van der Waals surface area contributed by atoms with Crippen molar-refractivity contribution in [2.45, 2.75) is 13.0 Å². The fourth-order valence-corrected chi connectivity index (χ4v) is 4.31. The summed E-state index contributed by atoms with van der Waals surface area (Å²) in [6.07, 6.45) is -1.01. The molecule has 0 saturated carbocycles. The van der Waals surface area contributed by atoms with Crippen LogP contribution in [-0.4, -0.2) is 40.0 Å². The first kappa shape index (κ1) is 23.3. The molecule has 0 saturated heterocycles. The van der Waals surface area contributed by atoms with Gasteiger partial charge in [-0.25, -0.2) is 14.8 Å². The predicted molar refractivity (Wildman–Crippen MR) is 139 cm³/mol. The molecule has 1 amide bonds. The van der Waals surface area contributed by atoms with E-state index in [1.807, 2.05) is 60.0 Å². The molecule has 0 aliphatic carbocycles. The number of benzene rings is 3. The van der Waals surface area contributed by atoms with E-state index in [0.29, 0.717) is 27.6 Å². The number of ether oxygens (including phenoxy) is 2. The Morgan fingerprint density at radius 1 is 0.972 bits per heavy atom. The highest BCUT2D eigenvalue weighted by atomic mass is 32.1. The normalized spacial score (nSPS) is 11.7. The zero-order chi connectivity index (χ0) is 25.1. The van der Waals surface area contributed by atoms with E-state index >= 15 is 0 Å². The van der Waals surface area contributed by atoms with Gasteiger partial charge in [-0.3, -0.25) is 10.1 Å². The van der Waals surface area contributed by atoms with Gasteiger partial charge in [-0.1, -0.05) is 30.3 Å². The Hall–Kier alpha value is -4.50. The molecular weight excluding hydrogens is 476 g/mol. The van der Waals surface area contributed by atoms with Crippen LogP contribution in [0, 0.1) is 0 Å². The van der Waals surface area contributed by atoms with E-state index < -0.39 is 18.0 Å². The van der Waals surface area contributed by atoms with Crippen LogP contribution in [0.1, 0.15) is 17.3 Å². The molecule has 0 aliphatic rings. The number of fused-ring (bicyclic) bond motifs is 1. The zero-order valence-corrected chi connectivity index (χ0v) is 20.3. The number of H-pyrrole nitrogens is 1. The number of thiazole rings is 1. The van der Waals surface area contributed by atoms with Crippen LogP contribution in [0.4, 0.5) is 5.13 Å². The van der Waals surface area contributed by atoms with Gasteiger partial charge >= 0.3 is 5.97 Å². The van der Waals surface area contributed by atoms with Gasteiger partial charge in [0.15, 0.2) is 11.2 Å². The van der Waals surface area contributed by atoms with Crippen molar-refractivity contribution in [3.8, 4) is 28.4 Å². The molecule has 1 unspecified atom stereocenters. The molecule has 2 aromatic heterocycles. The van der Waals surface area contributed by atoms with Crippen molar-refractivity contribution in [1.82, 2.24) is 15.0 Å². The number of aromatic amines is 1. The standard InChI is InChI=1S/C27H22N4O4S/c1-16(25(32)31-27-30-23(15-36-27)17-6-4-3-5-7-17)35-26(33)19-10-13-21-22(14-19)29-24(28-21)18-8-11-20(34-2)12-9-18/h3-16H,1-2H3,(H,28,29)(H,30,31,32). The average Bonchev–Trinajstić information content (AvgIpc) is 3.56. The first-order valence-corrected chi connectivity index (χ1v) is 12.0. The Kier molecular flexibility index (Phi) is 6.46. The number of rotatable bonds is 7. The molecule has 0 radical (unpaired) electrons. The van der Waals surface area contributed by atoms with Crippen molar-refractivity contribution in [1.29, 1.82) is 0 Å². The van der Waals surface area contributed by atoms with Crippen molar-refractivity contribution < 1.29 is 19.1 Å².